The van der Waals surface area contributed by atoms with E-state index >= 15 is 0 Å². The molecular weight excluding hydrogens is 842 g/mol. The van der Waals surface area contributed by atoms with Crippen LogP contribution in [-0.4, -0.2) is 108 Å². The number of aliphatic carboxylic acids is 3. The van der Waals surface area contributed by atoms with E-state index in [2.05, 4.69) is 10.3 Å². The fourth-order valence-electron chi connectivity index (χ4n) is 6.01. The van der Waals surface area contributed by atoms with E-state index in [1.165, 1.54) is 0 Å². The lowest BCUT2D eigenvalue weighted by molar-refractivity contribution is -0.142. The van der Waals surface area contributed by atoms with Crippen LogP contribution in [0, 0.1) is 5.41 Å². The van der Waals surface area contributed by atoms with E-state index in [0.29, 0.717) is 12.1 Å². The molecule has 3 aliphatic rings. The molecule has 0 fully saturated rings. The second-order valence-electron chi connectivity index (χ2n) is 13.4. The number of carbonyl (C=O) groups excluding carboxylic acids is 3. The molecule has 2 aromatic rings. The monoisotopic (exact) mass is 872 g/mol. The first-order valence-corrected chi connectivity index (χ1v) is 17.1. The van der Waals surface area contributed by atoms with Crippen LogP contribution in [0.1, 0.15) is 63.0 Å². The van der Waals surface area contributed by atoms with Crippen molar-refractivity contribution in [2.45, 2.75) is 69.6 Å². The molecule has 326 valence electrons. The van der Waals surface area contributed by atoms with Gasteiger partial charge in [0, 0.05) is 0 Å². The molecule has 5 rings (SSSR count). The van der Waals surface area contributed by atoms with Gasteiger partial charge in [-0.05, 0) is 45.0 Å². The summed E-state index contributed by atoms with van der Waals surface area (Å²) in [5.41, 5.74) is -11.8. The van der Waals surface area contributed by atoms with Gasteiger partial charge in [0.15, 0.2) is 41.0 Å². The number of carboxylic acid groups (broad SMARTS) is 3. The fraction of sp³-hybridized carbons (Fsp3) is 0.314. The van der Waals surface area contributed by atoms with Crippen molar-refractivity contribution in [2.24, 2.45) is 0 Å². The van der Waals surface area contributed by atoms with Crippen LogP contribution in [0.2, 0.25) is 0 Å². The van der Waals surface area contributed by atoms with Gasteiger partial charge in [-0.25, -0.2) is 19.4 Å². The summed E-state index contributed by atoms with van der Waals surface area (Å²) in [6.45, 7) is 2.82. The second-order valence-corrected chi connectivity index (χ2v) is 13.4. The number of anilines is 2. The van der Waals surface area contributed by atoms with Crippen molar-refractivity contribution in [3.8, 4) is 23.0 Å². The Kier molecular flexibility index (Phi) is 11.9. The molecule has 0 saturated carbocycles. The molecule has 6 atom stereocenters. The highest BCUT2D eigenvalue weighted by Gasteiger charge is 2.44. The Morgan fingerprint density at radius 3 is 1.57 bits per heavy atom. The van der Waals surface area contributed by atoms with E-state index in [4.69, 9.17) is 14.6 Å². The minimum atomic E-state index is -5.37. The number of benzene rings is 3. The molecule has 1 aliphatic carbocycles. The van der Waals surface area contributed by atoms with Crippen LogP contribution in [0.15, 0.2) is 28.7 Å². The van der Waals surface area contributed by atoms with Crippen molar-refractivity contribution in [3.63, 3.8) is 0 Å². The van der Waals surface area contributed by atoms with Gasteiger partial charge in [0.25, 0.3) is 17.7 Å². The van der Waals surface area contributed by atoms with Crippen LogP contribution < -0.4 is 31.4 Å². The van der Waals surface area contributed by atoms with Gasteiger partial charge >= 0.3 is 30.3 Å². The molecule has 0 radical (unpaired) electrons. The molecule has 20 nitrogen and oxygen atoms in total. The third kappa shape index (κ3) is 8.53. The average Bonchev–Trinajstić information content (AvgIpc) is 3.14. The topological polar surface area (TPSA) is 331 Å². The lowest BCUT2D eigenvalue weighted by Gasteiger charge is -2.30. The number of nitrogens with zero attached hydrogens (tertiary/aromatic N) is 1. The molecule has 2 aromatic carbocycles. The van der Waals surface area contributed by atoms with Gasteiger partial charge < -0.3 is 61.1 Å². The minimum absolute atomic E-state index is 0.280. The zero-order valence-corrected chi connectivity index (χ0v) is 30.9. The molecule has 0 spiro atoms. The maximum absolute atomic E-state index is 14.5. The SMILES string of the molecule is C[C@@H](O)[C@H](NC(=O)c1ccc(C(F)(F)F)c2c1Nc1c(c3oc4c(C(F)(F)F)ccc(C(=O)N[C@H](C(=O)O)[C@@H](C)O)c4nc-3c(=N)c1C(=O)N[C@H](C(=O)O)[C@@H](C)O)O2)C(=O)O. The van der Waals surface area contributed by atoms with E-state index in [1.807, 2.05) is 16.0 Å². The Hall–Kier alpha value is -7.06. The molecular formula is C35H30F6N6O14. The largest absolute Gasteiger partial charge is 0.480 e. The lowest BCUT2D eigenvalue weighted by atomic mass is 9.98. The number of nitrogens with one attached hydrogen (secondary N) is 5. The van der Waals surface area contributed by atoms with Gasteiger partial charge in [0.05, 0.1) is 46.0 Å². The number of carbonyl (C=O) groups is 6. The second kappa shape index (κ2) is 16.2. The summed E-state index contributed by atoms with van der Waals surface area (Å²) in [6.07, 6.45) is -16.2. The number of alkyl halides is 6. The van der Waals surface area contributed by atoms with Crippen molar-refractivity contribution in [1.29, 1.82) is 5.41 Å². The predicted molar refractivity (Wildman–Crippen MR) is 188 cm³/mol. The first-order valence-electron chi connectivity index (χ1n) is 17.1. The smallest absolute Gasteiger partial charge is 0.420 e. The summed E-state index contributed by atoms with van der Waals surface area (Å²) < 4.78 is 98.3. The number of fused-ring (bicyclic) bond motifs is 5. The van der Waals surface area contributed by atoms with E-state index in [0.717, 1.165) is 20.8 Å². The fourth-order valence-corrected chi connectivity index (χ4v) is 6.01. The van der Waals surface area contributed by atoms with Gasteiger partial charge in [-0.15, -0.1) is 0 Å². The van der Waals surface area contributed by atoms with Crippen LogP contribution in [0.3, 0.4) is 0 Å². The van der Waals surface area contributed by atoms with Crippen LogP contribution in [0.25, 0.3) is 22.6 Å². The van der Waals surface area contributed by atoms with Gasteiger partial charge in [-0.2, -0.15) is 26.3 Å². The molecule has 0 aromatic heterocycles. The maximum atomic E-state index is 14.5. The number of ether oxygens (including phenoxy) is 1. The van der Waals surface area contributed by atoms with E-state index in [-0.39, 0.29) is 12.1 Å². The maximum Gasteiger partial charge on any atom is 0.420 e. The standard InChI is InChI=1S/C35H30F6N6O14/c1-8(48)17(31(54)55)45-28(51)11-4-6-13(34(36,37)38)24-20(11)43-22-15(30(53)47-19(10(3)50)33(58)59)16(42)23-27(26(22)60-24)61-25-14(35(39,40)41)7-5-12(21(25)44-23)29(52)46-18(9(2)49)32(56)57/h4-10,17-19,42-43,48-50H,1-3H3,(H,45,51)(H,46,52)(H,47,53)(H,54,55)(H,56,57)(H,58,59)/t8-,9-,10-,17+,18+,19+/m1/s1. The van der Waals surface area contributed by atoms with Crippen LogP contribution in [-0.2, 0) is 26.7 Å². The predicted octanol–water partition coefficient (Wildman–Crippen LogP) is 1.99. The highest BCUT2D eigenvalue weighted by atomic mass is 19.4. The molecule has 3 amide bonds. The van der Waals surface area contributed by atoms with Gasteiger partial charge in [-0.1, -0.05) is 0 Å². The first-order chi connectivity index (χ1) is 28.2. The highest BCUT2D eigenvalue weighted by Crippen LogP contribution is 2.54. The number of aromatic nitrogens is 1. The molecule has 11 N–H and O–H groups in total. The molecule has 2 heterocycles. The molecule has 26 heteroatoms. The number of carboxylic acids is 3. The summed E-state index contributed by atoms with van der Waals surface area (Å²) in [6, 6.07) is -4.69. The Morgan fingerprint density at radius 2 is 1.11 bits per heavy atom. The minimum Gasteiger partial charge on any atom is -0.480 e. The third-order valence-electron chi connectivity index (χ3n) is 8.99. The number of halogens is 6. The van der Waals surface area contributed by atoms with Crippen molar-refractivity contribution in [1.82, 2.24) is 20.9 Å². The van der Waals surface area contributed by atoms with Crippen molar-refractivity contribution < 1.29 is 94.9 Å². The molecule has 0 unspecified atom stereocenters. The number of hydrogen-bond acceptors (Lipinski definition) is 14. The summed E-state index contributed by atoms with van der Waals surface area (Å²) in [5, 5.41) is 74.1. The average molecular weight is 873 g/mol. The van der Waals surface area contributed by atoms with Crippen molar-refractivity contribution in [3.05, 3.63) is 57.4 Å². The zero-order chi connectivity index (χ0) is 45.8. The van der Waals surface area contributed by atoms with Crippen molar-refractivity contribution >= 4 is 58.1 Å². The van der Waals surface area contributed by atoms with Crippen LogP contribution in [0.4, 0.5) is 37.7 Å². The highest BCUT2D eigenvalue weighted by molar-refractivity contribution is 6.11. The summed E-state index contributed by atoms with van der Waals surface area (Å²) in [4.78, 5) is 80.0. The lowest BCUT2D eigenvalue weighted by Crippen LogP contribution is -2.49. The normalized spacial score (nSPS) is 15.4. The summed E-state index contributed by atoms with van der Waals surface area (Å²) in [5.74, 6) is -13.7. The molecule has 2 aliphatic heterocycles. The molecule has 61 heavy (non-hydrogen) atoms. The quantitative estimate of drug-likeness (QED) is 0.0631. The molecule has 0 saturated heterocycles. The summed E-state index contributed by atoms with van der Waals surface area (Å²) in [7, 11) is 0. The van der Waals surface area contributed by atoms with E-state index in [9.17, 15) is 85.7 Å². The van der Waals surface area contributed by atoms with Gasteiger partial charge in [0.2, 0.25) is 0 Å². The Labute approximate surface area is 334 Å². The van der Waals surface area contributed by atoms with Crippen molar-refractivity contribution in [2.75, 3.05) is 5.32 Å². The number of aliphatic hydroxyl groups is 3. The van der Waals surface area contributed by atoms with Gasteiger partial charge in [-0.3, -0.25) is 19.8 Å². The van der Waals surface area contributed by atoms with E-state index in [1.54, 1.807) is 0 Å². The first kappa shape index (κ1) is 45.0. The van der Waals surface area contributed by atoms with Gasteiger partial charge in [0.1, 0.15) is 28.0 Å². The van der Waals surface area contributed by atoms with E-state index < -0.39 is 163 Å². The van der Waals surface area contributed by atoms with Crippen LogP contribution >= 0.6 is 0 Å². The number of hydrogen-bond donors (Lipinski definition) is 11. The van der Waals surface area contributed by atoms with Crippen LogP contribution in [0.5, 0.6) is 11.5 Å². The molecule has 0 bridgehead atoms. The number of amides is 3. The Balaban J connectivity index is 1.91. The third-order valence-corrected chi connectivity index (χ3v) is 8.99. The number of aliphatic hydroxyl groups excluding tert-OH is 3. The zero-order valence-electron chi connectivity index (χ0n) is 30.9. The Morgan fingerprint density at radius 1 is 0.672 bits per heavy atom. The Bertz CT molecular complexity index is 2540. The number of rotatable bonds is 12. The summed E-state index contributed by atoms with van der Waals surface area (Å²) >= 11 is 0.